The van der Waals surface area contributed by atoms with Crippen molar-refractivity contribution in [3.8, 4) is 0 Å². The third kappa shape index (κ3) is 6.78. The largest absolute Gasteiger partial charge is 0.416 e. The van der Waals surface area contributed by atoms with Crippen LogP contribution in [0.25, 0.3) is 0 Å². The predicted octanol–water partition coefficient (Wildman–Crippen LogP) is 3.87. The molecular weight excluding hydrogens is 637 g/mol. The summed E-state index contributed by atoms with van der Waals surface area (Å²) in [5, 5.41) is 3.09. The van der Waals surface area contributed by atoms with Gasteiger partial charge in [0.1, 0.15) is 17.7 Å². The minimum absolute atomic E-state index is 0.0287. The Labute approximate surface area is 283 Å². The Kier molecular flexibility index (Phi) is 9.03. The van der Waals surface area contributed by atoms with Crippen molar-refractivity contribution in [2.24, 2.45) is 5.92 Å². The number of carbonyl (C=O) groups excluding carboxylic acids is 3. The number of nitrogens with one attached hydrogen (secondary N) is 1. The molecule has 1 fully saturated rings. The normalized spacial score (nSPS) is 20.9. The van der Waals surface area contributed by atoms with Gasteiger partial charge in [-0.3, -0.25) is 19.3 Å². The maximum Gasteiger partial charge on any atom is 0.416 e. The number of imidazole rings is 1. The molecule has 2 aromatic heterocycles. The maximum atomic E-state index is 14.2. The predicted molar refractivity (Wildman–Crippen MR) is 179 cm³/mol. The molecular formula is C35H41F3N8O3. The lowest BCUT2D eigenvalue weighted by molar-refractivity contribution is -0.137. The maximum absolute atomic E-state index is 14.2. The van der Waals surface area contributed by atoms with E-state index in [1.54, 1.807) is 7.05 Å². The fourth-order valence-electron chi connectivity index (χ4n) is 7.27. The van der Waals surface area contributed by atoms with E-state index < -0.39 is 35.5 Å². The van der Waals surface area contributed by atoms with E-state index in [0.29, 0.717) is 37.3 Å². The number of rotatable bonds is 7. The number of halogens is 3. The van der Waals surface area contributed by atoms with Crippen molar-refractivity contribution in [1.82, 2.24) is 24.8 Å². The van der Waals surface area contributed by atoms with Crippen molar-refractivity contribution in [2.45, 2.75) is 64.5 Å². The van der Waals surface area contributed by atoms with Crippen LogP contribution in [0.4, 0.5) is 30.4 Å². The standard InChI is InChI=1S/C35H41F3N8O3/c1-20-8-7-9-27-31(20)45(19-26-18-44-11-10-25(15-28(44)40-26)41-33(48)21(2)16-42(4)5)17-23-13-30(47)46(32(23)34(49)43(27)6)29-14-24(35(36,37)38)12-22(3)39-29/h7-9,12,14,18,23,25,32H,2,10-11,13,15-17,19H2,1,3-6H3,(H,41,48)/t23-,25-,32+/m1/s1. The summed E-state index contributed by atoms with van der Waals surface area (Å²) in [6, 6.07) is 6.28. The van der Waals surface area contributed by atoms with Crippen molar-refractivity contribution in [1.29, 1.82) is 0 Å². The molecule has 6 rings (SSSR count). The number of fused-ring (bicyclic) bond motifs is 3. The number of anilines is 3. The van der Waals surface area contributed by atoms with Crippen LogP contribution in [0.2, 0.25) is 0 Å². The quantitative estimate of drug-likeness (QED) is 0.379. The van der Waals surface area contributed by atoms with Crippen LogP contribution in [-0.4, -0.2) is 83.5 Å². The number of benzene rings is 1. The number of para-hydroxylation sites is 1. The van der Waals surface area contributed by atoms with Gasteiger partial charge in [0, 0.05) is 68.9 Å². The summed E-state index contributed by atoms with van der Waals surface area (Å²) < 4.78 is 43.4. The van der Waals surface area contributed by atoms with Crippen LogP contribution in [-0.2, 0) is 40.1 Å². The zero-order valence-corrected chi connectivity index (χ0v) is 28.3. The second-order valence-electron chi connectivity index (χ2n) is 13.6. The highest BCUT2D eigenvalue weighted by Crippen LogP contribution is 2.42. The second kappa shape index (κ2) is 13.0. The molecule has 0 radical (unpaired) electrons. The molecule has 0 aliphatic carbocycles. The van der Waals surface area contributed by atoms with Crippen LogP contribution in [0, 0.1) is 19.8 Å². The van der Waals surface area contributed by atoms with E-state index in [4.69, 9.17) is 4.98 Å². The zero-order chi connectivity index (χ0) is 35.4. The molecule has 0 bridgehead atoms. The molecule has 1 saturated heterocycles. The average Bonchev–Trinajstić information content (AvgIpc) is 3.57. The molecule has 3 atom stereocenters. The molecule has 3 aromatic rings. The third-order valence-electron chi connectivity index (χ3n) is 9.45. The Morgan fingerprint density at radius 1 is 1.12 bits per heavy atom. The first-order valence-corrected chi connectivity index (χ1v) is 16.3. The van der Waals surface area contributed by atoms with Gasteiger partial charge in [0.2, 0.25) is 17.7 Å². The van der Waals surface area contributed by atoms with Crippen LogP contribution in [0.3, 0.4) is 0 Å². The van der Waals surface area contributed by atoms with Crippen molar-refractivity contribution >= 4 is 34.9 Å². The first kappa shape index (κ1) is 34.2. The lowest BCUT2D eigenvalue weighted by atomic mass is 9.95. The Morgan fingerprint density at radius 2 is 1.88 bits per heavy atom. The Hall–Kier alpha value is -4.72. The number of hydrogen-bond donors (Lipinski definition) is 1. The van der Waals surface area contributed by atoms with Gasteiger partial charge in [-0.25, -0.2) is 9.97 Å². The molecule has 1 aromatic carbocycles. The van der Waals surface area contributed by atoms with E-state index in [1.807, 2.05) is 50.3 Å². The molecule has 3 amide bonds. The summed E-state index contributed by atoms with van der Waals surface area (Å²) in [7, 11) is 5.40. The number of carbonyl (C=O) groups is 3. The van der Waals surface area contributed by atoms with Crippen molar-refractivity contribution in [3.63, 3.8) is 0 Å². The monoisotopic (exact) mass is 678 g/mol. The van der Waals surface area contributed by atoms with E-state index in [0.717, 1.165) is 46.2 Å². The average molecular weight is 679 g/mol. The molecule has 14 heteroatoms. The second-order valence-corrected chi connectivity index (χ2v) is 13.6. The highest BCUT2D eigenvalue weighted by molar-refractivity contribution is 6.10. The molecule has 0 unspecified atom stereocenters. The van der Waals surface area contributed by atoms with Crippen molar-refractivity contribution in [3.05, 3.63) is 77.0 Å². The number of nitrogens with zero attached hydrogens (tertiary/aromatic N) is 7. The van der Waals surface area contributed by atoms with Gasteiger partial charge >= 0.3 is 6.18 Å². The molecule has 3 aliphatic heterocycles. The van der Waals surface area contributed by atoms with Gasteiger partial charge < -0.3 is 24.6 Å². The third-order valence-corrected chi connectivity index (χ3v) is 9.45. The van der Waals surface area contributed by atoms with Gasteiger partial charge in [0.05, 0.1) is 29.2 Å². The van der Waals surface area contributed by atoms with Crippen LogP contribution in [0.1, 0.15) is 41.2 Å². The summed E-state index contributed by atoms with van der Waals surface area (Å²) in [5.41, 5.74) is 2.83. The summed E-state index contributed by atoms with van der Waals surface area (Å²) in [6.45, 7) is 9.11. The fourth-order valence-corrected chi connectivity index (χ4v) is 7.27. The van der Waals surface area contributed by atoms with Gasteiger partial charge in [-0.15, -0.1) is 0 Å². The summed E-state index contributed by atoms with van der Waals surface area (Å²) in [6.07, 6.45) is -1.36. The van der Waals surface area contributed by atoms with Gasteiger partial charge in [-0.05, 0) is 58.1 Å². The lowest BCUT2D eigenvalue weighted by Gasteiger charge is -2.39. The first-order valence-electron chi connectivity index (χ1n) is 16.3. The molecule has 260 valence electrons. The number of amides is 3. The fraction of sp³-hybridized carbons (Fsp3) is 0.457. The van der Waals surface area contributed by atoms with Crippen LogP contribution in [0.15, 0.2) is 48.7 Å². The molecule has 0 spiro atoms. The van der Waals surface area contributed by atoms with E-state index in [1.165, 1.54) is 11.8 Å². The van der Waals surface area contributed by atoms with Crippen LogP contribution in [0.5, 0.6) is 0 Å². The van der Waals surface area contributed by atoms with Gasteiger partial charge in [-0.2, -0.15) is 13.2 Å². The number of aromatic nitrogens is 3. The summed E-state index contributed by atoms with van der Waals surface area (Å²) in [4.78, 5) is 56.4. The summed E-state index contributed by atoms with van der Waals surface area (Å²) in [5.74, 6) is -0.881. The van der Waals surface area contributed by atoms with E-state index in [2.05, 4.69) is 26.3 Å². The van der Waals surface area contributed by atoms with Crippen LogP contribution >= 0.6 is 0 Å². The first-order chi connectivity index (χ1) is 23.1. The van der Waals surface area contributed by atoms with E-state index in [-0.39, 0.29) is 36.4 Å². The number of pyridine rings is 1. The van der Waals surface area contributed by atoms with Gasteiger partial charge in [0.15, 0.2) is 0 Å². The lowest BCUT2D eigenvalue weighted by Crippen LogP contribution is -2.52. The molecule has 49 heavy (non-hydrogen) atoms. The minimum Gasteiger partial charge on any atom is -0.363 e. The zero-order valence-electron chi connectivity index (χ0n) is 28.3. The van der Waals surface area contributed by atoms with Gasteiger partial charge in [0.25, 0.3) is 0 Å². The molecule has 3 aliphatic rings. The molecule has 5 heterocycles. The Balaban J connectivity index is 1.30. The highest BCUT2D eigenvalue weighted by atomic mass is 19.4. The minimum atomic E-state index is -4.64. The van der Waals surface area contributed by atoms with E-state index in [9.17, 15) is 27.6 Å². The Morgan fingerprint density at radius 3 is 2.59 bits per heavy atom. The molecule has 0 saturated carbocycles. The number of likely N-dealkylation sites (N-methyl/N-ethyl adjacent to an activating group) is 2. The van der Waals surface area contributed by atoms with Crippen LogP contribution < -0.4 is 20.0 Å². The number of alkyl halides is 3. The highest BCUT2D eigenvalue weighted by Gasteiger charge is 2.49. The van der Waals surface area contributed by atoms with Crippen molar-refractivity contribution < 1.29 is 27.6 Å². The molecule has 11 nitrogen and oxygen atoms in total. The Bertz CT molecular complexity index is 1820. The van der Waals surface area contributed by atoms with E-state index >= 15 is 0 Å². The smallest absolute Gasteiger partial charge is 0.363 e. The molecule has 1 N–H and O–H groups in total. The summed E-state index contributed by atoms with van der Waals surface area (Å²) >= 11 is 0. The van der Waals surface area contributed by atoms with Crippen molar-refractivity contribution in [2.75, 3.05) is 48.9 Å². The SMILES string of the molecule is C=C(CN(C)C)C(=O)N[C@@H]1CCn2cc(CN3C[C@H]4CC(=O)N(c5cc(C(F)(F)F)cc(C)n5)[C@@H]4C(=O)N(C)c4cccc(C)c43)nc2C1. The van der Waals surface area contributed by atoms with Gasteiger partial charge in [-0.1, -0.05) is 18.7 Å². The number of aryl methyl sites for hydroxylation is 3. The number of hydrogen-bond acceptors (Lipinski definition) is 7. The topological polar surface area (TPSA) is 107 Å².